The van der Waals surface area contributed by atoms with E-state index in [0.717, 1.165) is 27.8 Å². The van der Waals surface area contributed by atoms with Crippen molar-refractivity contribution in [2.75, 3.05) is 26.6 Å². The van der Waals surface area contributed by atoms with E-state index in [2.05, 4.69) is 10.6 Å². The minimum atomic E-state index is -0.354. The number of carbonyl (C=O) groups excluding carboxylic acids is 1. The number of anilines is 1. The number of rotatable bonds is 7. The third-order valence-electron chi connectivity index (χ3n) is 6.29. The Hall–Kier alpha value is -3.71. The van der Waals surface area contributed by atoms with E-state index in [-0.39, 0.29) is 17.4 Å². The monoisotopic (exact) mass is 508 g/mol. The lowest BCUT2D eigenvalue weighted by Gasteiger charge is -2.19. The van der Waals surface area contributed by atoms with Crippen LogP contribution in [0.15, 0.2) is 53.3 Å². The Balaban J connectivity index is 1.90. The Morgan fingerprint density at radius 2 is 1.81 bits per heavy atom. The van der Waals surface area contributed by atoms with Crippen LogP contribution < -0.4 is 30.3 Å². The van der Waals surface area contributed by atoms with Crippen molar-refractivity contribution in [2.45, 2.75) is 32.4 Å². The van der Waals surface area contributed by atoms with Crippen LogP contribution in [-0.4, -0.2) is 27.2 Å². The normalized spacial score (nSPS) is 14.1. The topological polar surface area (TPSA) is 85.9 Å². The minimum absolute atomic E-state index is 0.169. The quantitative estimate of drug-likeness (QED) is 0.460. The summed E-state index contributed by atoms with van der Waals surface area (Å²) in [6.07, 6.45) is 1.25. The number of benzene rings is 2. The van der Waals surface area contributed by atoms with Gasteiger partial charge in [-0.3, -0.25) is 9.59 Å². The smallest absolute Gasteiger partial charge is 0.217 e. The predicted octanol–water partition coefficient (Wildman–Crippen LogP) is 5.13. The molecule has 3 aromatic carbocycles. The molecule has 0 saturated carbocycles. The van der Waals surface area contributed by atoms with Crippen LogP contribution in [0.2, 0.25) is 5.02 Å². The number of halogens is 1. The summed E-state index contributed by atoms with van der Waals surface area (Å²) in [7, 11) is 4.71. The molecule has 36 heavy (non-hydrogen) atoms. The van der Waals surface area contributed by atoms with Crippen molar-refractivity contribution in [3.8, 4) is 28.4 Å². The number of carbonyl (C=O) groups is 1. The van der Waals surface area contributed by atoms with Crippen LogP contribution in [0.4, 0.5) is 5.69 Å². The predicted molar refractivity (Wildman–Crippen MR) is 141 cm³/mol. The maximum atomic E-state index is 13.3. The average Bonchev–Trinajstić information content (AvgIpc) is 3.10. The van der Waals surface area contributed by atoms with Gasteiger partial charge in [0.15, 0.2) is 11.5 Å². The van der Waals surface area contributed by atoms with Crippen LogP contribution in [0.5, 0.6) is 17.2 Å². The molecule has 0 aromatic heterocycles. The highest BCUT2D eigenvalue weighted by molar-refractivity contribution is 6.30. The molecule has 188 valence electrons. The molecule has 0 spiro atoms. The molecule has 7 nitrogen and oxygen atoms in total. The van der Waals surface area contributed by atoms with Crippen molar-refractivity contribution < 1.29 is 19.0 Å². The Morgan fingerprint density at radius 1 is 1.03 bits per heavy atom. The van der Waals surface area contributed by atoms with Crippen LogP contribution >= 0.6 is 11.6 Å². The molecule has 0 aliphatic heterocycles. The third kappa shape index (κ3) is 5.11. The molecular formula is C28H29ClN2O5. The fourth-order valence-corrected chi connectivity index (χ4v) is 4.91. The number of nitrogens with one attached hydrogen (secondary N) is 2. The van der Waals surface area contributed by atoms with Gasteiger partial charge in [0, 0.05) is 24.1 Å². The summed E-state index contributed by atoms with van der Waals surface area (Å²) in [5.74, 6) is 1.37. The molecule has 0 heterocycles. The Labute approximate surface area is 215 Å². The van der Waals surface area contributed by atoms with Crippen molar-refractivity contribution in [3.05, 3.63) is 80.5 Å². The highest BCUT2D eigenvalue weighted by atomic mass is 35.5. The number of hydrogen-bond acceptors (Lipinski definition) is 6. The fraction of sp³-hybridized carbons (Fsp3) is 0.286. The number of hydrogen-bond donors (Lipinski definition) is 2. The summed E-state index contributed by atoms with van der Waals surface area (Å²) in [6.45, 7) is 1.91. The molecule has 1 atom stereocenters. The van der Waals surface area contributed by atoms with Gasteiger partial charge in [0.05, 0.1) is 33.1 Å². The van der Waals surface area contributed by atoms with E-state index in [1.165, 1.54) is 6.92 Å². The molecule has 1 aliphatic rings. The third-order valence-corrected chi connectivity index (χ3v) is 6.52. The van der Waals surface area contributed by atoms with Gasteiger partial charge < -0.3 is 24.8 Å². The highest BCUT2D eigenvalue weighted by Crippen LogP contribution is 2.50. The Bertz CT molecular complexity index is 1360. The van der Waals surface area contributed by atoms with E-state index in [9.17, 15) is 9.59 Å². The van der Waals surface area contributed by atoms with Gasteiger partial charge in [-0.05, 0) is 65.4 Å². The second-order valence-electron chi connectivity index (χ2n) is 8.58. The number of ether oxygens (including phenoxy) is 3. The molecule has 0 saturated heterocycles. The van der Waals surface area contributed by atoms with E-state index in [0.29, 0.717) is 47.3 Å². The van der Waals surface area contributed by atoms with E-state index in [1.807, 2.05) is 30.3 Å². The lowest BCUT2D eigenvalue weighted by atomic mass is 9.95. The highest BCUT2D eigenvalue weighted by Gasteiger charge is 2.29. The molecule has 1 amide bonds. The lowest BCUT2D eigenvalue weighted by molar-refractivity contribution is -0.119. The van der Waals surface area contributed by atoms with Gasteiger partial charge in [-0.1, -0.05) is 29.8 Å². The molecule has 1 aliphatic carbocycles. The first-order valence-corrected chi connectivity index (χ1v) is 12.0. The van der Waals surface area contributed by atoms with Gasteiger partial charge in [-0.2, -0.15) is 0 Å². The first-order chi connectivity index (χ1) is 17.4. The summed E-state index contributed by atoms with van der Waals surface area (Å²) < 4.78 is 17.0. The lowest BCUT2D eigenvalue weighted by Crippen LogP contribution is -2.26. The SMILES string of the molecule is COc1cc2c(c(OC)c1OC)-c1ccc(NCc3cccc(Cl)c3)c(=O)cc1[C@H](NC(C)=O)CC2. The van der Waals surface area contributed by atoms with E-state index in [4.69, 9.17) is 25.8 Å². The molecular weight excluding hydrogens is 480 g/mol. The summed E-state index contributed by atoms with van der Waals surface area (Å²) >= 11 is 6.11. The summed E-state index contributed by atoms with van der Waals surface area (Å²) in [6, 6.07) is 14.3. The minimum Gasteiger partial charge on any atom is -0.493 e. The van der Waals surface area contributed by atoms with Crippen LogP contribution in [0.25, 0.3) is 11.1 Å². The van der Waals surface area contributed by atoms with Crippen molar-refractivity contribution in [1.82, 2.24) is 5.32 Å². The van der Waals surface area contributed by atoms with Crippen LogP contribution in [0.3, 0.4) is 0 Å². The first kappa shape index (κ1) is 25.4. The van der Waals surface area contributed by atoms with Gasteiger partial charge in [0.2, 0.25) is 17.1 Å². The summed E-state index contributed by atoms with van der Waals surface area (Å²) in [4.78, 5) is 25.4. The summed E-state index contributed by atoms with van der Waals surface area (Å²) in [5.41, 5.74) is 4.50. The zero-order chi connectivity index (χ0) is 25.8. The maximum absolute atomic E-state index is 13.3. The molecule has 8 heteroatoms. The van der Waals surface area contributed by atoms with Crippen molar-refractivity contribution in [1.29, 1.82) is 0 Å². The molecule has 0 bridgehead atoms. The number of fused-ring (bicyclic) bond motifs is 3. The molecule has 3 aromatic rings. The van der Waals surface area contributed by atoms with Crippen molar-refractivity contribution in [2.24, 2.45) is 0 Å². The Kier molecular flexibility index (Phi) is 7.70. The Morgan fingerprint density at radius 3 is 2.47 bits per heavy atom. The van der Waals surface area contributed by atoms with Crippen LogP contribution in [0.1, 0.15) is 36.1 Å². The molecule has 0 fully saturated rings. The second kappa shape index (κ2) is 10.9. The summed E-state index contributed by atoms with van der Waals surface area (Å²) in [5, 5.41) is 6.88. The molecule has 0 radical (unpaired) electrons. The van der Waals surface area contributed by atoms with Crippen molar-refractivity contribution >= 4 is 23.2 Å². The van der Waals surface area contributed by atoms with Gasteiger partial charge in [-0.15, -0.1) is 0 Å². The molecule has 2 N–H and O–H groups in total. The van der Waals surface area contributed by atoms with E-state index in [1.54, 1.807) is 39.5 Å². The first-order valence-electron chi connectivity index (χ1n) is 11.6. The van der Waals surface area contributed by atoms with Crippen LogP contribution in [0, 0.1) is 0 Å². The standard InChI is InChI=1S/C28H29ClN2O5/c1-16(32)31-22-10-8-18-13-25(34-2)27(35-3)28(36-4)26(18)20-9-11-23(24(33)14-21(20)22)30-15-17-6-5-7-19(29)12-17/h5-7,9,11-14,22H,8,10,15H2,1-4H3,(H,30,33)(H,31,32)/t22-/m1/s1. The zero-order valence-electron chi connectivity index (χ0n) is 20.7. The number of amides is 1. The zero-order valence-corrected chi connectivity index (χ0v) is 21.5. The van der Waals surface area contributed by atoms with Gasteiger partial charge in [0.25, 0.3) is 0 Å². The largest absolute Gasteiger partial charge is 0.493 e. The molecule has 4 rings (SSSR count). The van der Waals surface area contributed by atoms with Crippen LogP contribution in [-0.2, 0) is 17.8 Å². The van der Waals surface area contributed by atoms with E-state index >= 15 is 0 Å². The van der Waals surface area contributed by atoms with Gasteiger partial charge in [0.1, 0.15) is 0 Å². The second-order valence-corrected chi connectivity index (χ2v) is 9.02. The van der Waals surface area contributed by atoms with Crippen molar-refractivity contribution in [3.63, 3.8) is 0 Å². The van der Waals surface area contributed by atoms with Gasteiger partial charge >= 0.3 is 0 Å². The number of aryl methyl sites for hydroxylation is 1. The fourth-order valence-electron chi connectivity index (χ4n) is 4.70. The number of methoxy groups -OCH3 is 3. The maximum Gasteiger partial charge on any atom is 0.217 e. The van der Waals surface area contributed by atoms with E-state index < -0.39 is 0 Å². The average molecular weight is 509 g/mol. The van der Waals surface area contributed by atoms with Gasteiger partial charge in [-0.25, -0.2) is 0 Å². The molecule has 0 unspecified atom stereocenters.